The van der Waals surface area contributed by atoms with Gasteiger partial charge in [-0.25, -0.2) is 10.4 Å². The molecular weight excluding hydrogens is 361 g/mol. The van der Waals surface area contributed by atoms with Crippen molar-refractivity contribution in [3.05, 3.63) is 77.2 Å². The molecule has 0 bridgehead atoms. The molecule has 9 heteroatoms. The molecule has 1 aromatic carbocycles. The molecule has 0 saturated heterocycles. The Morgan fingerprint density at radius 3 is 2.65 bits per heavy atom. The minimum Gasteiger partial charge on any atom is -0.436 e. The summed E-state index contributed by atoms with van der Waals surface area (Å²) in [6.07, 6.45) is 5.43. The van der Waals surface area contributed by atoms with Crippen LogP contribution >= 0.6 is 11.6 Å². The topological polar surface area (TPSA) is 89.4 Å². The van der Waals surface area contributed by atoms with Gasteiger partial charge in [-0.15, -0.1) is 0 Å². The Morgan fingerprint density at radius 2 is 1.92 bits per heavy atom. The number of halogens is 2. The van der Waals surface area contributed by atoms with Gasteiger partial charge in [0.25, 0.3) is 11.8 Å². The molecule has 7 nitrogen and oxygen atoms in total. The molecule has 1 amide bonds. The lowest BCUT2D eigenvalue weighted by atomic mass is 10.2. The average Bonchev–Trinajstić information content (AvgIpc) is 2.67. The molecule has 0 aliphatic rings. The van der Waals surface area contributed by atoms with E-state index in [1.165, 1.54) is 18.6 Å². The number of nitrogens with one attached hydrogen (secondary N) is 1. The summed E-state index contributed by atoms with van der Waals surface area (Å²) in [4.78, 5) is 22.8. The summed E-state index contributed by atoms with van der Waals surface area (Å²) in [7, 11) is 0. The number of amides is 1. The number of nitrogens with zero attached hydrogens (tertiary/aromatic N) is 4. The lowest BCUT2D eigenvalue weighted by Gasteiger charge is -2.05. The Hall–Kier alpha value is -3.39. The summed E-state index contributed by atoms with van der Waals surface area (Å²) in [5.41, 5.74) is 3.56. The van der Waals surface area contributed by atoms with Crippen LogP contribution in [0.3, 0.4) is 0 Å². The molecule has 0 fully saturated rings. The highest BCUT2D eigenvalue weighted by atomic mass is 35.5. The molecule has 0 aliphatic carbocycles. The molecule has 3 aromatic rings. The third kappa shape index (κ3) is 4.58. The average molecular weight is 372 g/mol. The van der Waals surface area contributed by atoms with Crippen LogP contribution in [-0.2, 0) is 0 Å². The van der Waals surface area contributed by atoms with E-state index < -0.39 is 5.82 Å². The van der Waals surface area contributed by atoms with E-state index in [4.69, 9.17) is 16.3 Å². The van der Waals surface area contributed by atoms with Crippen molar-refractivity contribution in [3.8, 4) is 11.6 Å². The number of rotatable bonds is 5. The number of hydrogen-bond donors (Lipinski definition) is 1. The second-order valence-electron chi connectivity index (χ2n) is 4.90. The van der Waals surface area contributed by atoms with Gasteiger partial charge in [-0.2, -0.15) is 14.5 Å². The van der Waals surface area contributed by atoms with E-state index in [-0.39, 0.29) is 17.1 Å². The van der Waals surface area contributed by atoms with E-state index in [1.807, 2.05) is 0 Å². The zero-order valence-corrected chi connectivity index (χ0v) is 13.9. The fourth-order valence-corrected chi connectivity index (χ4v) is 2.00. The monoisotopic (exact) mass is 371 g/mol. The van der Waals surface area contributed by atoms with Crippen LogP contribution in [0.1, 0.15) is 15.9 Å². The third-order valence-electron chi connectivity index (χ3n) is 3.10. The third-order valence-corrected chi connectivity index (χ3v) is 3.28. The zero-order valence-electron chi connectivity index (χ0n) is 13.1. The maximum atomic E-state index is 13.5. The summed E-state index contributed by atoms with van der Waals surface area (Å²) in [6.45, 7) is 0. The van der Waals surface area contributed by atoms with Crippen molar-refractivity contribution >= 4 is 23.7 Å². The van der Waals surface area contributed by atoms with Gasteiger partial charge in [-0.05, 0) is 53.6 Å². The van der Waals surface area contributed by atoms with Gasteiger partial charge in [0.2, 0.25) is 11.1 Å². The standard InChI is InChI=1S/C17H11ClFN5O2/c18-17-21-10-14(19)16(23-17)26-13-3-1-11(2-4-13)9-22-24-15(25)12-5-7-20-8-6-12/h1-10H,(H,24,25). The quantitative estimate of drug-likeness (QED) is 0.422. The van der Waals surface area contributed by atoms with Crippen molar-refractivity contribution in [2.45, 2.75) is 0 Å². The molecule has 2 aromatic heterocycles. The van der Waals surface area contributed by atoms with E-state index in [0.717, 1.165) is 6.20 Å². The van der Waals surface area contributed by atoms with Gasteiger partial charge in [0.1, 0.15) is 5.75 Å². The molecule has 26 heavy (non-hydrogen) atoms. The summed E-state index contributed by atoms with van der Waals surface area (Å²) in [6, 6.07) is 9.71. The van der Waals surface area contributed by atoms with Crippen molar-refractivity contribution in [2.24, 2.45) is 5.10 Å². The van der Waals surface area contributed by atoms with Crippen molar-refractivity contribution < 1.29 is 13.9 Å². The molecule has 0 unspecified atom stereocenters. The SMILES string of the molecule is O=C(NN=Cc1ccc(Oc2nc(Cl)ncc2F)cc1)c1ccncc1. The summed E-state index contributed by atoms with van der Waals surface area (Å²) in [5, 5.41) is 3.76. The Balaban J connectivity index is 1.61. The molecule has 0 atom stereocenters. The van der Waals surface area contributed by atoms with Crippen molar-refractivity contribution in [2.75, 3.05) is 0 Å². The maximum absolute atomic E-state index is 13.5. The van der Waals surface area contributed by atoms with E-state index in [0.29, 0.717) is 16.9 Å². The first kappa shape index (κ1) is 17.4. The van der Waals surface area contributed by atoms with Crippen molar-refractivity contribution in [1.82, 2.24) is 20.4 Å². The molecule has 2 heterocycles. The molecule has 0 radical (unpaired) electrons. The number of hydrogen-bond acceptors (Lipinski definition) is 6. The van der Waals surface area contributed by atoms with E-state index in [9.17, 15) is 9.18 Å². The van der Waals surface area contributed by atoms with Gasteiger partial charge >= 0.3 is 0 Å². The van der Waals surface area contributed by atoms with E-state index in [1.54, 1.807) is 36.4 Å². The second-order valence-corrected chi connectivity index (χ2v) is 5.24. The lowest BCUT2D eigenvalue weighted by molar-refractivity contribution is 0.0955. The van der Waals surface area contributed by atoms with E-state index in [2.05, 4.69) is 25.5 Å². The predicted octanol–water partition coefficient (Wildman–Crippen LogP) is 3.22. The lowest BCUT2D eigenvalue weighted by Crippen LogP contribution is -2.17. The molecule has 0 saturated carbocycles. The van der Waals surface area contributed by atoms with Gasteiger partial charge in [-0.3, -0.25) is 9.78 Å². The normalized spacial score (nSPS) is 10.7. The highest BCUT2D eigenvalue weighted by molar-refractivity contribution is 6.28. The van der Waals surface area contributed by atoms with Crippen LogP contribution in [0.5, 0.6) is 11.6 Å². The van der Waals surface area contributed by atoms with Crippen LogP contribution in [0.15, 0.2) is 60.1 Å². The number of hydrazone groups is 1. The number of benzene rings is 1. The molecule has 3 rings (SSSR count). The van der Waals surface area contributed by atoms with E-state index >= 15 is 0 Å². The molecular formula is C17H11ClFN5O2. The van der Waals surface area contributed by atoms with Crippen molar-refractivity contribution in [3.63, 3.8) is 0 Å². The summed E-state index contributed by atoms with van der Waals surface area (Å²) >= 11 is 5.61. The first-order chi connectivity index (χ1) is 12.6. The Labute approximate surface area is 152 Å². The number of aromatic nitrogens is 3. The fraction of sp³-hybridized carbons (Fsp3) is 0. The number of ether oxygens (including phenoxy) is 1. The van der Waals surface area contributed by atoms with Crippen LogP contribution < -0.4 is 10.2 Å². The Morgan fingerprint density at radius 1 is 1.19 bits per heavy atom. The number of carbonyl (C=O) groups excluding carboxylic acids is 1. The first-order valence-corrected chi connectivity index (χ1v) is 7.69. The van der Waals surface area contributed by atoms with Crippen LogP contribution in [0.4, 0.5) is 4.39 Å². The smallest absolute Gasteiger partial charge is 0.271 e. The van der Waals surface area contributed by atoms with Gasteiger partial charge in [0.15, 0.2) is 0 Å². The predicted molar refractivity (Wildman–Crippen MR) is 92.8 cm³/mol. The van der Waals surface area contributed by atoms with Gasteiger partial charge in [0, 0.05) is 18.0 Å². The zero-order chi connectivity index (χ0) is 18.4. The minimum absolute atomic E-state index is 0.116. The second kappa shape index (κ2) is 8.13. The fourth-order valence-electron chi connectivity index (χ4n) is 1.87. The first-order valence-electron chi connectivity index (χ1n) is 7.31. The number of carbonyl (C=O) groups is 1. The Kier molecular flexibility index (Phi) is 5.45. The van der Waals surface area contributed by atoms with Gasteiger partial charge in [0.05, 0.1) is 12.4 Å². The molecule has 130 valence electrons. The minimum atomic E-state index is -0.723. The highest BCUT2D eigenvalue weighted by Gasteiger charge is 2.08. The van der Waals surface area contributed by atoms with Crippen LogP contribution in [0.2, 0.25) is 5.28 Å². The van der Waals surface area contributed by atoms with Crippen LogP contribution in [0.25, 0.3) is 0 Å². The number of pyridine rings is 1. The molecule has 0 aliphatic heterocycles. The van der Waals surface area contributed by atoms with Crippen LogP contribution in [0, 0.1) is 5.82 Å². The summed E-state index contributed by atoms with van der Waals surface area (Å²) < 4.78 is 18.9. The van der Waals surface area contributed by atoms with Crippen molar-refractivity contribution in [1.29, 1.82) is 0 Å². The highest BCUT2D eigenvalue weighted by Crippen LogP contribution is 2.22. The Bertz CT molecular complexity index is 936. The largest absolute Gasteiger partial charge is 0.436 e. The van der Waals surface area contributed by atoms with Gasteiger partial charge < -0.3 is 4.74 Å². The molecule has 0 spiro atoms. The van der Waals surface area contributed by atoms with Gasteiger partial charge in [-0.1, -0.05) is 0 Å². The molecule has 1 N–H and O–H groups in total. The summed E-state index contributed by atoms with van der Waals surface area (Å²) in [5.74, 6) is -0.980. The maximum Gasteiger partial charge on any atom is 0.271 e. The van der Waals surface area contributed by atoms with Crippen LogP contribution in [-0.4, -0.2) is 27.1 Å².